The summed E-state index contributed by atoms with van der Waals surface area (Å²) in [5.74, 6) is 0.186. The second-order valence-electron chi connectivity index (χ2n) is 9.97. The second kappa shape index (κ2) is 9.50. The number of hydrogen-bond donors (Lipinski definition) is 1. The zero-order chi connectivity index (χ0) is 23.8. The summed E-state index contributed by atoms with van der Waals surface area (Å²) in [6, 6.07) is 1.55. The topological polar surface area (TPSA) is 63.7 Å². The lowest BCUT2D eigenvalue weighted by Crippen LogP contribution is -2.52. The predicted molar refractivity (Wildman–Crippen MR) is 116 cm³/mol. The van der Waals surface area contributed by atoms with Crippen LogP contribution in [-0.4, -0.2) is 60.8 Å². The fourth-order valence-corrected chi connectivity index (χ4v) is 5.69. The molecule has 3 heterocycles. The molecule has 0 radical (unpaired) electrons. The number of aromatic nitrogens is 1. The molecule has 2 aliphatic heterocycles. The standard InChI is InChI=1S/C24H34F3N3O3/c1-15(2)23(7-4-18(11-23)29-20-6-9-33-14-21(20)32-3)22(31)30-8-5-19-16(13-30)10-17(12-28-19)24(25,26)27/h10,12,15,18,20-21,29H,4-9,11,13-14H2,1-3H3/t18-,20+,21-,23+/m1/s1. The van der Waals surface area contributed by atoms with Crippen molar-refractivity contribution < 1.29 is 27.4 Å². The first-order chi connectivity index (χ1) is 15.6. The monoisotopic (exact) mass is 469 g/mol. The lowest BCUT2D eigenvalue weighted by Gasteiger charge is -2.40. The maximum atomic E-state index is 13.8. The normalized spacial score (nSPS) is 30.5. The van der Waals surface area contributed by atoms with Gasteiger partial charge in [0.15, 0.2) is 0 Å². The van der Waals surface area contributed by atoms with Crippen LogP contribution in [0.3, 0.4) is 0 Å². The molecule has 33 heavy (non-hydrogen) atoms. The van der Waals surface area contributed by atoms with E-state index in [4.69, 9.17) is 9.47 Å². The molecule has 6 nitrogen and oxygen atoms in total. The van der Waals surface area contributed by atoms with E-state index in [1.807, 2.05) is 0 Å². The Morgan fingerprint density at radius 3 is 2.85 bits per heavy atom. The number of halogens is 3. The second-order valence-corrected chi connectivity index (χ2v) is 9.97. The van der Waals surface area contributed by atoms with Crippen molar-refractivity contribution in [2.24, 2.45) is 11.3 Å². The molecule has 1 saturated carbocycles. The molecule has 2 fully saturated rings. The number of ether oxygens (including phenoxy) is 2. The van der Waals surface area contributed by atoms with E-state index in [2.05, 4.69) is 24.1 Å². The Hall–Kier alpha value is -1.71. The van der Waals surface area contributed by atoms with Crippen molar-refractivity contribution in [3.63, 3.8) is 0 Å². The molecule has 1 N–H and O–H groups in total. The van der Waals surface area contributed by atoms with Gasteiger partial charge in [0.2, 0.25) is 5.91 Å². The molecule has 1 aromatic heterocycles. The number of carbonyl (C=O) groups is 1. The molecular weight excluding hydrogens is 435 g/mol. The van der Waals surface area contributed by atoms with Crippen molar-refractivity contribution in [3.8, 4) is 0 Å². The van der Waals surface area contributed by atoms with Gasteiger partial charge < -0.3 is 19.7 Å². The summed E-state index contributed by atoms with van der Waals surface area (Å²) in [5, 5.41) is 3.72. The third kappa shape index (κ3) is 4.91. The van der Waals surface area contributed by atoms with Gasteiger partial charge in [-0.2, -0.15) is 13.2 Å². The number of nitrogens with zero attached hydrogens (tertiary/aromatic N) is 2. The number of rotatable bonds is 5. The number of nitrogens with one attached hydrogen (secondary N) is 1. The summed E-state index contributed by atoms with van der Waals surface area (Å²) < 4.78 is 50.6. The zero-order valence-electron chi connectivity index (χ0n) is 19.6. The Bertz CT molecular complexity index is 863. The molecule has 3 aliphatic rings. The summed E-state index contributed by atoms with van der Waals surface area (Å²) in [6.45, 7) is 6.09. The van der Waals surface area contributed by atoms with Crippen molar-refractivity contribution in [1.82, 2.24) is 15.2 Å². The van der Waals surface area contributed by atoms with E-state index in [1.54, 1.807) is 12.0 Å². The zero-order valence-corrected chi connectivity index (χ0v) is 19.6. The number of hydrogen-bond acceptors (Lipinski definition) is 5. The first-order valence-electron chi connectivity index (χ1n) is 11.8. The summed E-state index contributed by atoms with van der Waals surface area (Å²) in [5.41, 5.74) is -0.121. The van der Waals surface area contributed by atoms with Crippen LogP contribution in [0.5, 0.6) is 0 Å². The van der Waals surface area contributed by atoms with Gasteiger partial charge in [-0.3, -0.25) is 9.78 Å². The van der Waals surface area contributed by atoms with Gasteiger partial charge >= 0.3 is 6.18 Å². The average Bonchev–Trinajstić information content (AvgIpc) is 3.23. The number of carbonyl (C=O) groups excluding carboxylic acids is 1. The molecule has 0 spiro atoms. The molecule has 0 unspecified atom stereocenters. The maximum absolute atomic E-state index is 13.8. The molecule has 184 valence electrons. The van der Waals surface area contributed by atoms with E-state index < -0.39 is 17.2 Å². The Kier molecular flexibility index (Phi) is 7.03. The number of pyridine rings is 1. The first-order valence-corrected chi connectivity index (χ1v) is 11.8. The van der Waals surface area contributed by atoms with Crippen LogP contribution < -0.4 is 5.32 Å². The van der Waals surface area contributed by atoms with Crippen molar-refractivity contribution in [2.45, 2.75) is 76.9 Å². The van der Waals surface area contributed by atoms with Gasteiger partial charge in [0.05, 0.1) is 23.7 Å². The first kappa shape index (κ1) is 24.4. The van der Waals surface area contributed by atoms with Crippen molar-refractivity contribution in [2.75, 3.05) is 26.9 Å². The number of alkyl halides is 3. The predicted octanol–water partition coefficient (Wildman–Crippen LogP) is 3.57. The number of fused-ring (bicyclic) bond motifs is 1. The fraction of sp³-hybridized carbons (Fsp3) is 0.750. The van der Waals surface area contributed by atoms with Crippen molar-refractivity contribution in [3.05, 3.63) is 29.1 Å². The largest absolute Gasteiger partial charge is 0.417 e. The summed E-state index contributed by atoms with van der Waals surface area (Å²) in [7, 11) is 1.69. The minimum atomic E-state index is -4.44. The van der Waals surface area contributed by atoms with Crippen LogP contribution in [0.25, 0.3) is 0 Å². The van der Waals surface area contributed by atoms with E-state index in [0.29, 0.717) is 37.4 Å². The summed E-state index contributed by atoms with van der Waals surface area (Å²) in [6.07, 6.45) is 0.180. The molecule has 0 bridgehead atoms. The molecular formula is C24H34F3N3O3. The van der Waals surface area contributed by atoms with Gasteiger partial charge in [-0.1, -0.05) is 13.8 Å². The Balaban J connectivity index is 1.48. The number of methoxy groups -OCH3 is 1. The fourth-order valence-electron chi connectivity index (χ4n) is 5.69. The van der Waals surface area contributed by atoms with E-state index in [0.717, 1.165) is 37.9 Å². The average molecular weight is 470 g/mol. The smallest absolute Gasteiger partial charge is 0.379 e. The van der Waals surface area contributed by atoms with Crippen LogP contribution in [0.2, 0.25) is 0 Å². The van der Waals surface area contributed by atoms with Crippen LogP contribution in [0, 0.1) is 11.3 Å². The molecule has 1 saturated heterocycles. The quantitative estimate of drug-likeness (QED) is 0.714. The third-order valence-corrected chi connectivity index (χ3v) is 7.79. The molecule has 4 atom stereocenters. The lowest BCUT2D eigenvalue weighted by molar-refractivity contribution is -0.146. The third-order valence-electron chi connectivity index (χ3n) is 7.79. The highest BCUT2D eigenvalue weighted by Crippen LogP contribution is 2.47. The Labute approximate surface area is 193 Å². The lowest BCUT2D eigenvalue weighted by atomic mass is 9.74. The van der Waals surface area contributed by atoms with Gasteiger partial charge in [-0.25, -0.2) is 0 Å². The van der Waals surface area contributed by atoms with Crippen LogP contribution in [-0.2, 0) is 33.4 Å². The van der Waals surface area contributed by atoms with Gasteiger partial charge in [0.25, 0.3) is 0 Å². The van der Waals surface area contributed by atoms with E-state index in [1.165, 1.54) is 0 Å². The van der Waals surface area contributed by atoms with E-state index >= 15 is 0 Å². The highest BCUT2D eigenvalue weighted by atomic mass is 19.4. The molecule has 9 heteroatoms. The summed E-state index contributed by atoms with van der Waals surface area (Å²) in [4.78, 5) is 19.6. The number of amides is 1. The molecule has 0 aromatic carbocycles. The molecule has 4 rings (SSSR count). The SMILES string of the molecule is CO[C@@H]1COCC[C@@H]1N[C@@H]1CC[C@@](C(=O)N2CCc3ncc(C(F)(F)F)cc3C2)(C(C)C)C1. The van der Waals surface area contributed by atoms with E-state index in [-0.39, 0.29) is 36.6 Å². The van der Waals surface area contributed by atoms with Crippen LogP contribution in [0.15, 0.2) is 12.3 Å². The van der Waals surface area contributed by atoms with Crippen molar-refractivity contribution in [1.29, 1.82) is 0 Å². The molecule has 1 aliphatic carbocycles. The van der Waals surface area contributed by atoms with Gasteiger partial charge in [-0.15, -0.1) is 0 Å². The summed E-state index contributed by atoms with van der Waals surface area (Å²) >= 11 is 0. The Morgan fingerprint density at radius 1 is 1.36 bits per heavy atom. The highest BCUT2D eigenvalue weighted by molar-refractivity contribution is 5.83. The van der Waals surface area contributed by atoms with Crippen molar-refractivity contribution >= 4 is 5.91 Å². The van der Waals surface area contributed by atoms with E-state index in [9.17, 15) is 18.0 Å². The van der Waals surface area contributed by atoms with Gasteiger partial charge in [-0.05, 0) is 43.2 Å². The molecule has 1 aromatic rings. The van der Waals surface area contributed by atoms with Gasteiger partial charge in [0.1, 0.15) is 0 Å². The molecule has 1 amide bonds. The van der Waals surface area contributed by atoms with Crippen LogP contribution in [0.1, 0.15) is 56.4 Å². The minimum absolute atomic E-state index is 0.00238. The maximum Gasteiger partial charge on any atom is 0.417 e. The van der Waals surface area contributed by atoms with Crippen LogP contribution >= 0.6 is 0 Å². The van der Waals surface area contributed by atoms with Gasteiger partial charge in [0, 0.05) is 57.2 Å². The highest BCUT2D eigenvalue weighted by Gasteiger charge is 2.50. The Morgan fingerprint density at radius 2 is 2.15 bits per heavy atom. The minimum Gasteiger partial charge on any atom is -0.379 e. The van der Waals surface area contributed by atoms with Crippen LogP contribution in [0.4, 0.5) is 13.2 Å².